The molecule has 1 aromatic carbocycles. The van der Waals surface area contributed by atoms with Gasteiger partial charge in [0.15, 0.2) is 0 Å². The predicted molar refractivity (Wildman–Crippen MR) is 96.9 cm³/mol. The largest absolute Gasteiger partial charge is 0.481 e. The van der Waals surface area contributed by atoms with E-state index in [4.69, 9.17) is 0 Å². The number of carboxylic acids is 2. The van der Waals surface area contributed by atoms with Crippen LogP contribution in [-0.2, 0) is 20.8 Å². The van der Waals surface area contributed by atoms with Crippen LogP contribution in [0.2, 0.25) is 0 Å². The highest BCUT2D eigenvalue weighted by Gasteiger charge is 2.52. The maximum Gasteiger partial charge on any atom is 0.326 e. The molecule has 0 aliphatic heterocycles. The van der Waals surface area contributed by atoms with Crippen molar-refractivity contribution in [1.29, 1.82) is 0 Å². The molecule has 1 fully saturated rings. The molecule has 1 amide bonds. The van der Waals surface area contributed by atoms with Gasteiger partial charge in [-0.1, -0.05) is 30.4 Å². The number of para-hydroxylation sites is 1. The van der Waals surface area contributed by atoms with E-state index in [2.05, 4.69) is 10.3 Å². The lowest BCUT2D eigenvalue weighted by Crippen LogP contribution is -2.48. The third kappa shape index (κ3) is 2.99. The highest BCUT2D eigenvalue weighted by molar-refractivity contribution is 5.90. The number of H-pyrrole nitrogens is 1. The zero-order valence-electron chi connectivity index (χ0n) is 14.5. The second-order valence-corrected chi connectivity index (χ2v) is 7.30. The van der Waals surface area contributed by atoms with Crippen molar-refractivity contribution in [2.75, 3.05) is 0 Å². The van der Waals surface area contributed by atoms with Crippen molar-refractivity contribution in [3.05, 3.63) is 48.2 Å². The Labute approximate surface area is 155 Å². The normalized spacial score (nSPS) is 27.0. The fourth-order valence-corrected chi connectivity index (χ4v) is 4.50. The lowest BCUT2D eigenvalue weighted by molar-refractivity contribution is -0.148. The van der Waals surface area contributed by atoms with Crippen LogP contribution >= 0.6 is 0 Å². The van der Waals surface area contributed by atoms with Crippen LogP contribution in [0.15, 0.2) is 42.6 Å². The van der Waals surface area contributed by atoms with Gasteiger partial charge in [-0.25, -0.2) is 4.79 Å². The molecule has 7 nitrogen and oxygen atoms in total. The molecule has 0 unspecified atom stereocenters. The third-order valence-electron chi connectivity index (χ3n) is 5.76. The molecule has 7 heteroatoms. The highest BCUT2D eigenvalue weighted by atomic mass is 16.4. The van der Waals surface area contributed by atoms with Gasteiger partial charge in [0.1, 0.15) is 6.04 Å². The van der Waals surface area contributed by atoms with Crippen LogP contribution in [0, 0.1) is 23.7 Å². The van der Waals surface area contributed by atoms with Crippen LogP contribution in [-0.4, -0.2) is 39.1 Å². The molecule has 1 saturated carbocycles. The van der Waals surface area contributed by atoms with E-state index in [-0.39, 0.29) is 18.3 Å². The van der Waals surface area contributed by atoms with Crippen LogP contribution in [0.5, 0.6) is 0 Å². The minimum atomic E-state index is -1.14. The molecule has 140 valence electrons. The Kier molecular flexibility index (Phi) is 4.22. The van der Waals surface area contributed by atoms with Gasteiger partial charge in [-0.3, -0.25) is 9.59 Å². The molecule has 4 N–H and O–H groups in total. The third-order valence-corrected chi connectivity index (χ3v) is 5.76. The van der Waals surface area contributed by atoms with Gasteiger partial charge in [0.05, 0.1) is 11.8 Å². The van der Waals surface area contributed by atoms with Crippen LogP contribution in [0.1, 0.15) is 12.0 Å². The second-order valence-electron chi connectivity index (χ2n) is 7.30. The summed E-state index contributed by atoms with van der Waals surface area (Å²) in [4.78, 5) is 39.2. The number of carboxylic acid groups (broad SMARTS) is 2. The SMILES string of the molecule is O=C(O)[C@H]1[C@H](C(=O)N[C@@H](Cc2c[nH]c3ccccc23)C(=O)O)[C@H]2C=C[C@H]1C2. The minimum Gasteiger partial charge on any atom is -0.481 e. The predicted octanol–water partition coefficient (Wildman–Crippen LogP) is 1.80. The monoisotopic (exact) mass is 368 g/mol. The molecule has 1 heterocycles. The van der Waals surface area contributed by atoms with E-state index in [0.29, 0.717) is 6.42 Å². The molecule has 0 radical (unpaired) electrons. The minimum absolute atomic E-state index is 0.124. The number of aliphatic carboxylic acids is 2. The van der Waals surface area contributed by atoms with Gasteiger partial charge >= 0.3 is 11.9 Å². The molecule has 2 bridgehead atoms. The van der Waals surface area contributed by atoms with Gasteiger partial charge in [-0.2, -0.15) is 0 Å². The molecule has 5 atom stereocenters. The molecule has 2 aromatic rings. The summed E-state index contributed by atoms with van der Waals surface area (Å²) in [6, 6.07) is 6.42. The van der Waals surface area contributed by atoms with E-state index in [0.717, 1.165) is 16.5 Å². The smallest absolute Gasteiger partial charge is 0.326 e. The molecular formula is C20H20N2O5. The molecule has 27 heavy (non-hydrogen) atoms. The summed E-state index contributed by atoms with van der Waals surface area (Å²) in [6.45, 7) is 0. The Balaban J connectivity index is 1.53. The number of aromatic nitrogens is 1. The number of aromatic amines is 1. The molecular weight excluding hydrogens is 348 g/mol. The van der Waals surface area contributed by atoms with Crippen molar-refractivity contribution in [3.8, 4) is 0 Å². The van der Waals surface area contributed by atoms with E-state index < -0.39 is 35.7 Å². The molecule has 0 saturated heterocycles. The second kappa shape index (κ2) is 6.57. The maximum absolute atomic E-state index is 12.8. The van der Waals surface area contributed by atoms with Crippen LogP contribution in [0.3, 0.4) is 0 Å². The van der Waals surface area contributed by atoms with Crippen molar-refractivity contribution in [2.45, 2.75) is 18.9 Å². The summed E-state index contributed by atoms with van der Waals surface area (Å²) in [5.74, 6) is -4.44. The standard InChI is InChI=1S/C20H20N2O5/c23-18(16-10-5-6-11(7-10)17(16)20(26)27)22-15(19(24)25)8-12-9-21-14-4-2-1-3-13(12)14/h1-6,9-11,15-17,21H,7-8H2,(H,22,23)(H,24,25)(H,26,27)/t10-,11-,15-,16+,17+/m0/s1. The van der Waals surface area contributed by atoms with Crippen molar-refractivity contribution >= 4 is 28.7 Å². The number of benzene rings is 1. The van der Waals surface area contributed by atoms with Crippen LogP contribution < -0.4 is 5.32 Å². The van der Waals surface area contributed by atoms with Crippen molar-refractivity contribution in [3.63, 3.8) is 0 Å². The lowest BCUT2D eigenvalue weighted by atomic mass is 9.82. The van der Waals surface area contributed by atoms with E-state index in [1.54, 1.807) is 6.20 Å². The summed E-state index contributed by atoms with van der Waals surface area (Å²) >= 11 is 0. The lowest BCUT2D eigenvalue weighted by Gasteiger charge is -2.25. The number of rotatable bonds is 6. The van der Waals surface area contributed by atoms with Gasteiger partial charge in [0.2, 0.25) is 5.91 Å². The number of carbonyl (C=O) groups is 3. The van der Waals surface area contributed by atoms with Crippen LogP contribution in [0.25, 0.3) is 10.9 Å². The van der Waals surface area contributed by atoms with E-state index in [1.807, 2.05) is 36.4 Å². The quantitative estimate of drug-likeness (QED) is 0.580. The maximum atomic E-state index is 12.8. The fraction of sp³-hybridized carbons (Fsp3) is 0.350. The number of hydrogen-bond acceptors (Lipinski definition) is 3. The van der Waals surface area contributed by atoms with E-state index >= 15 is 0 Å². The highest BCUT2D eigenvalue weighted by Crippen LogP contribution is 2.48. The van der Waals surface area contributed by atoms with E-state index in [1.165, 1.54) is 0 Å². The zero-order valence-corrected chi connectivity index (χ0v) is 14.5. The van der Waals surface area contributed by atoms with Gasteiger partial charge in [-0.05, 0) is 29.9 Å². The summed E-state index contributed by atoms with van der Waals surface area (Å²) < 4.78 is 0. The van der Waals surface area contributed by atoms with Gasteiger partial charge in [-0.15, -0.1) is 0 Å². The molecule has 4 rings (SSSR count). The molecule has 0 spiro atoms. The number of allylic oxidation sites excluding steroid dienone is 2. The molecule has 2 aliphatic carbocycles. The summed E-state index contributed by atoms with van der Waals surface area (Å²) in [5, 5.41) is 22.6. The summed E-state index contributed by atoms with van der Waals surface area (Å²) in [7, 11) is 0. The Morgan fingerprint density at radius 2 is 1.81 bits per heavy atom. The average Bonchev–Trinajstić information content (AvgIpc) is 3.35. The Morgan fingerprint density at radius 3 is 2.52 bits per heavy atom. The number of amides is 1. The van der Waals surface area contributed by atoms with Gasteiger partial charge in [0.25, 0.3) is 0 Å². The number of nitrogens with one attached hydrogen (secondary N) is 2. The first-order chi connectivity index (χ1) is 13.0. The average molecular weight is 368 g/mol. The Hall–Kier alpha value is -3.09. The molecule has 2 aliphatic rings. The van der Waals surface area contributed by atoms with Crippen molar-refractivity contribution in [2.24, 2.45) is 23.7 Å². The van der Waals surface area contributed by atoms with E-state index in [9.17, 15) is 24.6 Å². The number of hydrogen-bond donors (Lipinski definition) is 4. The first kappa shape index (κ1) is 17.3. The zero-order chi connectivity index (χ0) is 19.1. The van der Waals surface area contributed by atoms with Crippen molar-refractivity contribution in [1.82, 2.24) is 10.3 Å². The Bertz CT molecular complexity index is 947. The first-order valence-corrected chi connectivity index (χ1v) is 8.95. The van der Waals surface area contributed by atoms with Crippen LogP contribution in [0.4, 0.5) is 0 Å². The topological polar surface area (TPSA) is 119 Å². The fourth-order valence-electron chi connectivity index (χ4n) is 4.50. The molecule has 1 aromatic heterocycles. The first-order valence-electron chi connectivity index (χ1n) is 8.95. The number of carbonyl (C=O) groups excluding carboxylic acids is 1. The summed E-state index contributed by atoms with van der Waals surface area (Å²) in [5.41, 5.74) is 1.69. The summed E-state index contributed by atoms with van der Waals surface area (Å²) in [6.07, 6.45) is 6.24. The Morgan fingerprint density at radius 1 is 1.11 bits per heavy atom. The number of fused-ring (bicyclic) bond motifs is 3. The van der Waals surface area contributed by atoms with Gasteiger partial charge in [0, 0.05) is 23.5 Å². The van der Waals surface area contributed by atoms with Gasteiger partial charge < -0.3 is 20.5 Å². The van der Waals surface area contributed by atoms with Crippen molar-refractivity contribution < 1.29 is 24.6 Å².